The molecule has 1 heterocycles. The first kappa shape index (κ1) is 16.1. The van der Waals surface area contributed by atoms with Gasteiger partial charge in [-0.05, 0) is 5.92 Å². The molecule has 0 aromatic carbocycles. The lowest BCUT2D eigenvalue weighted by Gasteiger charge is -2.14. The normalized spacial score (nSPS) is 15.2. The highest BCUT2D eigenvalue weighted by Gasteiger charge is 2.38. The van der Waals surface area contributed by atoms with Crippen LogP contribution in [0.3, 0.4) is 0 Å². The van der Waals surface area contributed by atoms with Crippen molar-refractivity contribution in [3.05, 3.63) is 11.7 Å². The number of aromatic nitrogens is 2. The Morgan fingerprint density at radius 1 is 1.47 bits per heavy atom. The molecule has 1 rings (SSSR count). The molecule has 5 nitrogen and oxygen atoms in total. The highest BCUT2D eigenvalue weighted by atomic mass is 35.5. The van der Waals surface area contributed by atoms with Gasteiger partial charge in [-0.25, -0.2) is 0 Å². The molecule has 0 fully saturated rings. The van der Waals surface area contributed by atoms with E-state index in [0.717, 1.165) is 0 Å². The van der Waals surface area contributed by atoms with Gasteiger partial charge in [0.15, 0.2) is 5.82 Å². The molecule has 1 aromatic rings. The molecule has 0 saturated carbocycles. The Morgan fingerprint density at radius 2 is 2.06 bits per heavy atom. The lowest BCUT2D eigenvalue weighted by atomic mass is 10.00. The zero-order valence-corrected chi connectivity index (χ0v) is 9.75. The summed E-state index contributed by atoms with van der Waals surface area (Å²) in [5.41, 5.74) is 5.50. The van der Waals surface area contributed by atoms with Gasteiger partial charge in [-0.15, -0.1) is 12.4 Å². The Hall–Kier alpha value is -0.860. The molecule has 0 aliphatic carbocycles. The van der Waals surface area contributed by atoms with E-state index in [4.69, 9.17) is 10.8 Å². The predicted molar refractivity (Wildman–Crippen MR) is 54.5 cm³/mol. The van der Waals surface area contributed by atoms with E-state index in [1.165, 1.54) is 0 Å². The van der Waals surface area contributed by atoms with Gasteiger partial charge in [0.05, 0.1) is 6.61 Å². The average molecular weight is 276 g/mol. The minimum absolute atomic E-state index is 0. The van der Waals surface area contributed by atoms with Gasteiger partial charge >= 0.3 is 12.1 Å². The third-order valence-electron chi connectivity index (χ3n) is 2.16. The van der Waals surface area contributed by atoms with E-state index in [9.17, 15) is 13.2 Å². The van der Waals surface area contributed by atoms with E-state index in [2.05, 4.69) is 14.7 Å². The first-order chi connectivity index (χ1) is 7.34. The highest BCUT2D eigenvalue weighted by Crippen LogP contribution is 2.27. The summed E-state index contributed by atoms with van der Waals surface area (Å²) in [6.07, 6.45) is -4.51. The standard InChI is InChI=1S/C8H12F3N3O2.ClH/c1-4(5(12)3-15)2-6-13-7(16-14-6)8(9,10)11;/h4-5,15H,2-3,12H2,1H3;1H. The molecule has 9 heteroatoms. The molecule has 2 unspecified atom stereocenters. The fourth-order valence-corrected chi connectivity index (χ4v) is 1.07. The van der Waals surface area contributed by atoms with Gasteiger partial charge in [0.2, 0.25) is 0 Å². The molecule has 2 atom stereocenters. The summed E-state index contributed by atoms with van der Waals surface area (Å²) < 4.78 is 40.4. The zero-order chi connectivity index (χ0) is 12.3. The monoisotopic (exact) mass is 275 g/mol. The molecule has 0 saturated heterocycles. The molecule has 100 valence electrons. The fourth-order valence-electron chi connectivity index (χ4n) is 1.07. The predicted octanol–water partition coefficient (Wildman–Crippen LogP) is 1.01. The summed E-state index contributed by atoms with van der Waals surface area (Å²) in [6.45, 7) is 1.44. The zero-order valence-electron chi connectivity index (χ0n) is 8.94. The summed E-state index contributed by atoms with van der Waals surface area (Å²) in [5, 5.41) is 11.9. The van der Waals surface area contributed by atoms with Gasteiger partial charge < -0.3 is 15.4 Å². The lowest BCUT2D eigenvalue weighted by molar-refractivity contribution is -0.159. The largest absolute Gasteiger partial charge is 0.471 e. The number of hydrogen-bond donors (Lipinski definition) is 2. The van der Waals surface area contributed by atoms with E-state index in [1.54, 1.807) is 6.92 Å². The minimum Gasteiger partial charge on any atom is -0.395 e. The molecule has 1 aromatic heterocycles. The Kier molecular flexibility index (Phi) is 5.86. The molecule has 0 spiro atoms. The van der Waals surface area contributed by atoms with Gasteiger partial charge in [-0.3, -0.25) is 0 Å². The van der Waals surface area contributed by atoms with Crippen molar-refractivity contribution in [1.29, 1.82) is 0 Å². The van der Waals surface area contributed by atoms with Crippen LogP contribution in [0, 0.1) is 5.92 Å². The number of aliphatic hydroxyl groups excluding tert-OH is 1. The second-order valence-corrected chi connectivity index (χ2v) is 3.54. The fraction of sp³-hybridized carbons (Fsp3) is 0.750. The van der Waals surface area contributed by atoms with Crippen molar-refractivity contribution >= 4 is 12.4 Å². The highest BCUT2D eigenvalue weighted by molar-refractivity contribution is 5.85. The van der Waals surface area contributed by atoms with Crippen LogP contribution in [0.2, 0.25) is 0 Å². The Morgan fingerprint density at radius 3 is 2.47 bits per heavy atom. The van der Waals surface area contributed by atoms with Crippen molar-refractivity contribution in [2.24, 2.45) is 11.7 Å². The van der Waals surface area contributed by atoms with Crippen molar-refractivity contribution in [1.82, 2.24) is 10.1 Å². The molecule has 0 radical (unpaired) electrons. The van der Waals surface area contributed by atoms with E-state index >= 15 is 0 Å². The summed E-state index contributed by atoms with van der Waals surface area (Å²) in [6, 6.07) is -0.521. The van der Waals surface area contributed by atoms with E-state index in [1.807, 2.05) is 0 Å². The van der Waals surface area contributed by atoms with Crippen molar-refractivity contribution in [3.8, 4) is 0 Å². The van der Waals surface area contributed by atoms with Crippen molar-refractivity contribution < 1.29 is 22.8 Å². The number of aliphatic hydroxyl groups is 1. The van der Waals surface area contributed by atoms with Crippen LogP contribution in [0.25, 0.3) is 0 Å². The number of nitrogens with two attached hydrogens (primary N) is 1. The van der Waals surface area contributed by atoms with Crippen molar-refractivity contribution in [3.63, 3.8) is 0 Å². The molecule has 0 aliphatic heterocycles. The van der Waals surface area contributed by atoms with E-state index in [0.29, 0.717) is 0 Å². The Labute approximate surface area is 102 Å². The topological polar surface area (TPSA) is 85.2 Å². The summed E-state index contributed by atoms with van der Waals surface area (Å²) in [5.74, 6) is -1.67. The lowest BCUT2D eigenvalue weighted by Crippen LogP contribution is -2.33. The van der Waals surface area contributed by atoms with Crippen molar-refractivity contribution in [2.45, 2.75) is 25.6 Å². The Balaban J connectivity index is 0.00000256. The van der Waals surface area contributed by atoms with Crippen LogP contribution in [0.1, 0.15) is 18.6 Å². The van der Waals surface area contributed by atoms with Crippen LogP contribution in [0.5, 0.6) is 0 Å². The summed E-state index contributed by atoms with van der Waals surface area (Å²) in [7, 11) is 0. The quantitative estimate of drug-likeness (QED) is 0.856. The van der Waals surface area contributed by atoms with Gasteiger partial charge in [-0.2, -0.15) is 18.2 Å². The molecule has 17 heavy (non-hydrogen) atoms. The van der Waals surface area contributed by atoms with Crippen LogP contribution >= 0.6 is 12.4 Å². The maximum absolute atomic E-state index is 12.1. The first-order valence-electron chi connectivity index (χ1n) is 4.60. The molecular weight excluding hydrogens is 263 g/mol. The van der Waals surface area contributed by atoms with Crippen LogP contribution in [0.15, 0.2) is 4.52 Å². The molecule has 3 N–H and O–H groups in total. The smallest absolute Gasteiger partial charge is 0.395 e. The van der Waals surface area contributed by atoms with E-state index in [-0.39, 0.29) is 37.2 Å². The van der Waals surface area contributed by atoms with Crippen LogP contribution < -0.4 is 5.73 Å². The molecule has 0 bridgehead atoms. The van der Waals surface area contributed by atoms with Gasteiger partial charge in [0, 0.05) is 12.5 Å². The number of hydrogen-bond acceptors (Lipinski definition) is 5. The number of halogens is 4. The third kappa shape index (κ3) is 4.49. The third-order valence-corrected chi connectivity index (χ3v) is 2.16. The maximum atomic E-state index is 12.1. The minimum atomic E-state index is -4.63. The van der Waals surface area contributed by atoms with Crippen molar-refractivity contribution in [2.75, 3.05) is 6.61 Å². The second kappa shape index (κ2) is 6.18. The molecule has 0 amide bonds. The second-order valence-electron chi connectivity index (χ2n) is 3.54. The molecule has 0 aliphatic rings. The van der Waals surface area contributed by atoms with Gasteiger partial charge in [0.1, 0.15) is 0 Å². The summed E-state index contributed by atoms with van der Waals surface area (Å²) in [4.78, 5) is 3.20. The molecular formula is C8H13ClF3N3O2. The van der Waals surface area contributed by atoms with Crippen LogP contribution in [-0.4, -0.2) is 27.9 Å². The van der Waals surface area contributed by atoms with Gasteiger partial charge in [0.25, 0.3) is 0 Å². The van der Waals surface area contributed by atoms with Crippen LogP contribution in [-0.2, 0) is 12.6 Å². The van der Waals surface area contributed by atoms with Crippen LogP contribution in [0.4, 0.5) is 13.2 Å². The Bertz CT molecular complexity index is 345. The average Bonchev–Trinajstić information content (AvgIpc) is 2.64. The first-order valence-corrected chi connectivity index (χ1v) is 4.60. The van der Waals surface area contributed by atoms with E-state index < -0.39 is 18.1 Å². The number of rotatable bonds is 4. The maximum Gasteiger partial charge on any atom is 0.471 e. The SMILES string of the molecule is CC(Cc1noc(C(F)(F)F)n1)C(N)CO.Cl. The number of nitrogens with zero attached hydrogens (tertiary/aromatic N) is 2. The number of alkyl halides is 3. The van der Waals surface area contributed by atoms with Gasteiger partial charge in [-0.1, -0.05) is 12.1 Å². The summed E-state index contributed by atoms with van der Waals surface area (Å²) >= 11 is 0.